The van der Waals surface area contributed by atoms with Crippen LogP contribution in [0.5, 0.6) is 0 Å². The van der Waals surface area contributed by atoms with Crippen molar-refractivity contribution in [2.24, 2.45) is 0 Å². The molecule has 0 aliphatic carbocycles. The Balaban J connectivity index is 1.88. The minimum absolute atomic E-state index is 0.0375. The van der Waals surface area contributed by atoms with Gasteiger partial charge < -0.3 is 10.2 Å². The topological polar surface area (TPSA) is 104 Å². The van der Waals surface area contributed by atoms with Gasteiger partial charge in [0, 0.05) is 12.6 Å². The molecule has 1 aliphatic heterocycles. The fourth-order valence-electron chi connectivity index (χ4n) is 3.37. The average Bonchev–Trinajstić information content (AvgIpc) is 2.92. The third kappa shape index (κ3) is 4.61. The van der Waals surface area contributed by atoms with Crippen molar-refractivity contribution in [2.45, 2.75) is 44.3 Å². The number of nitrogens with zero attached hydrogens (tertiary/aromatic N) is 2. The number of carbonyl (C=O) groups excluding carboxylic acids is 3. The molecule has 9 heteroatoms. The lowest BCUT2D eigenvalue weighted by atomic mass is 10.1. The lowest BCUT2D eigenvalue weighted by Gasteiger charge is -2.30. The molecule has 1 unspecified atom stereocenters. The first kappa shape index (κ1) is 22.5. The first-order chi connectivity index (χ1) is 14.6. The quantitative estimate of drug-likeness (QED) is 0.702. The number of hydrogen-bond donors (Lipinski definition) is 1. The standard InChI is InChI=1S/C22H25N3O5S/c1-15(2)23-21(27)16(3)24(13-17-9-5-4-6-10-17)20(26)14-25-22(28)18-11-7-8-12-19(18)31(25,29)30/h4-12,15-16H,13-14H2,1-3H3,(H,23,27). The van der Waals surface area contributed by atoms with Crippen molar-refractivity contribution in [3.8, 4) is 0 Å². The van der Waals surface area contributed by atoms with E-state index in [1.807, 2.05) is 18.2 Å². The lowest BCUT2D eigenvalue weighted by molar-refractivity contribution is -0.140. The average molecular weight is 444 g/mol. The van der Waals surface area contributed by atoms with Gasteiger partial charge in [-0.1, -0.05) is 42.5 Å². The number of amides is 3. The van der Waals surface area contributed by atoms with Gasteiger partial charge in [-0.3, -0.25) is 14.4 Å². The number of hydrogen-bond acceptors (Lipinski definition) is 5. The SMILES string of the molecule is CC(C)NC(=O)C(C)N(Cc1ccccc1)C(=O)CN1C(=O)c2ccccc2S1(=O)=O. The number of benzene rings is 2. The van der Waals surface area contributed by atoms with Gasteiger partial charge in [0.15, 0.2) is 0 Å². The van der Waals surface area contributed by atoms with Gasteiger partial charge in [-0.2, -0.15) is 0 Å². The molecule has 0 aromatic heterocycles. The van der Waals surface area contributed by atoms with Crippen molar-refractivity contribution in [3.05, 3.63) is 65.7 Å². The number of carbonyl (C=O) groups is 3. The Hall–Kier alpha value is -3.20. The molecular weight excluding hydrogens is 418 g/mol. The van der Waals surface area contributed by atoms with Gasteiger partial charge in [0.25, 0.3) is 15.9 Å². The second-order valence-electron chi connectivity index (χ2n) is 7.66. The highest BCUT2D eigenvalue weighted by molar-refractivity contribution is 7.90. The summed E-state index contributed by atoms with van der Waals surface area (Å²) in [4.78, 5) is 39.6. The van der Waals surface area contributed by atoms with Crippen LogP contribution in [-0.2, 0) is 26.2 Å². The molecule has 0 spiro atoms. The van der Waals surface area contributed by atoms with Crippen LogP contribution in [0, 0.1) is 0 Å². The lowest BCUT2D eigenvalue weighted by Crippen LogP contribution is -2.52. The Morgan fingerprint density at radius 3 is 2.23 bits per heavy atom. The van der Waals surface area contributed by atoms with E-state index in [4.69, 9.17) is 0 Å². The summed E-state index contributed by atoms with van der Waals surface area (Å²) in [6.07, 6.45) is 0. The van der Waals surface area contributed by atoms with Crippen molar-refractivity contribution < 1.29 is 22.8 Å². The van der Waals surface area contributed by atoms with Gasteiger partial charge in [-0.05, 0) is 38.5 Å². The van der Waals surface area contributed by atoms with Crippen LogP contribution in [0.3, 0.4) is 0 Å². The zero-order chi connectivity index (χ0) is 22.8. The van der Waals surface area contributed by atoms with Crippen LogP contribution >= 0.6 is 0 Å². The Morgan fingerprint density at radius 2 is 1.61 bits per heavy atom. The maximum atomic E-state index is 13.2. The van der Waals surface area contributed by atoms with Gasteiger partial charge in [0.2, 0.25) is 11.8 Å². The van der Waals surface area contributed by atoms with Crippen LogP contribution in [0.2, 0.25) is 0 Å². The molecule has 0 saturated carbocycles. The number of fused-ring (bicyclic) bond motifs is 1. The molecule has 164 valence electrons. The summed E-state index contributed by atoms with van der Waals surface area (Å²) in [6.45, 7) is 4.61. The molecule has 8 nitrogen and oxygen atoms in total. The molecule has 31 heavy (non-hydrogen) atoms. The van der Waals surface area contributed by atoms with Gasteiger partial charge >= 0.3 is 0 Å². The Morgan fingerprint density at radius 1 is 1.00 bits per heavy atom. The number of sulfonamides is 1. The zero-order valence-corrected chi connectivity index (χ0v) is 18.4. The van der Waals surface area contributed by atoms with E-state index in [0.717, 1.165) is 5.56 Å². The minimum atomic E-state index is -4.13. The van der Waals surface area contributed by atoms with E-state index < -0.39 is 34.4 Å². The van der Waals surface area contributed by atoms with Gasteiger partial charge in [0.05, 0.1) is 5.56 Å². The molecule has 0 saturated heterocycles. The van der Waals surface area contributed by atoms with Gasteiger partial charge in [-0.25, -0.2) is 12.7 Å². The molecule has 2 aromatic carbocycles. The van der Waals surface area contributed by atoms with E-state index >= 15 is 0 Å². The maximum Gasteiger partial charge on any atom is 0.269 e. The van der Waals surface area contributed by atoms with Crippen LogP contribution in [0.25, 0.3) is 0 Å². The summed E-state index contributed by atoms with van der Waals surface area (Å²) in [5, 5.41) is 2.76. The molecule has 1 aliphatic rings. The van der Waals surface area contributed by atoms with Crippen molar-refractivity contribution in [1.29, 1.82) is 0 Å². The normalized spacial score (nSPS) is 15.5. The van der Waals surface area contributed by atoms with Gasteiger partial charge in [0.1, 0.15) is 17.5 Å². The minimum Gasteiger partial charge on any atom is -0.352 e. The number of nitrogens with one attached hydrogen (secondary N) is 1. The molecule has 3 amide bonds. The van der Waals surface area contributed by atoms with E-state index in [1.165, 1.54) is 23.1 Å². The third-order valence-corrected chi connectivity index (χ3v) is 6.77. The highest BCUT2D eigenvalue weighted by Gasteiger charge is 2.43. The fraction of sp³-hybridized carbons (Fsp3) is 0.318. The Bertz CT molecular complexity index is 1100. The summed E-state index contributed by atoms with van der Waals surface area (Å²) in [5.41, 5.74) is 0.814. The van der Waals surface area contributed by atoms with E-state index in [0.29, 0.717) is 4.31 Å². The zero-order valence-electron chi connectivity index (χ0n) is 17.6. The fourth-order valence-corrected chi connectivity index (χ4v) is 4.89. The van der Waals surface area contributed by atoms with Crippen LogP contribution in [0.1, 0.15) is 36.7 Å². The predicted molar refractivity (Wildman–Crippen MR) is 114 cm³/mol. The summed E-state index contributed by atoms with van der Waals surface area (Å²) in [5.74, 6) is -1.75. The van der Waals surface area contributed by atoms with Gasteiger partial charge in [-0.15, -0.1) is 0 Å². The second kappa shape index (κ2) is 8.89. The molecule has 1 heterocycles. The van der Waals surface area contributed by atoms with Crippen molar-refractivity contribution in [1.82, 2.24) is 14.5 Å². The van der Waals surface area contributed by atoms with Crippen LogP contribution in [-0.4, -0.2) is 54.0 Å². The Labute approximate surface area is 181 Å². The molecule has 0 fully saturated rings. The molecule has 1 atom stereocenters. The third-order valence-electron chi connectivity index (χ3n) is 4.98. The summed E-state index contributed by atoms with van der Waals surface area (Å²) >= 11 is 0. The molecule has 2 aromatic rings. The Kier molecular flexibility index (Phi) is 6.45. The second-order valence-corrected chi connectivity index (χ2v) is 9.49. The highest BCUT2D eigenvalue weighted by Crippen LogP contribution is 2.30. The first-order valence-corrected chi connectivity index (χ1v) is 11.4. The van der Waals surface area contributed by atoms with Crippen LogP contribution in [0.4, 0.5) is 0 Å². The summed E-state index contributed by atoms with van der Waals surface area (Å²) in [6, 6.07) is 13.9. The summed E-state index contributed by atoms with van der Waals surface area (Å²) in [7, 11) is -4.13. The van der Waals surface area contributed by atoms with Crippen LogP contribution < -0.4 is 5.32 Å². The van der Waals surface area contributed by atoms with Crippen molar-refractivity contribution >= 4 is 27.7 Å². The highest BCUT2D eigenvalue weighted by atomic mass is 32.2. The molecular formula is C22H25N3O5S. The van der Waals surface area contributed by atoms with Crippen molar-refractivity contribution in [3.63, 3.8) is 0 Å². The smallest absolute Gasteiger partial charge is 0.269 e. The predicted octanol–water partition coefficient (Wildman–Crippen LogP) is 1.77. The first-order valence-electron chi connectivity index (χ1n) is 9.92. The van der Waals surface area contributed by atoms with E-state index in [2.05, 4.69) is 5.32 Å². The molecule has 1 N–H and O–H groups in total. The number of rotatable bonds is 7. The maximum absolute atomic E-state index is 13.2. The molecule has 0 bridgehead atoms. The van der Waals surface area contributed by atoms with E-state index in [1.54, 1.807) is 39.0 Å². The van der Waals surface area contributed by atoms with E-state index in [9.17, 15) is 22.8 Å². The monoisotopic (exact) mass is 443 g/mol. The van der Waals surface area contributed by atoms with Crippen molar-refractivity contribution in [2.75, 3.05) is 6.54 Å². The van der Waals surface area contributed by atoms with Crippen LogP contribution in [0.15, 0.2) is 59.5 Å². The summed E-state index contributed by atoms with van der Waals surface area (Å²) < 4.78 is 26.2. The molecule has 3 rings (SSSR count). The van der Waals surface area contributed by atoms with E-state index in [-0.39, 0.29) is 29.0 Å². The largest absolute Gasteiger partial charge is 0.352 e. The molecule has 0 radical (unpaired) electrons.